The van der Waals surface area contributed by atoms with Crippen molar-refractivity contribution >= 4 is 5.91 Å². The van der Waals surface area contributed by atoms with Gasteiger partial charge in [0.2, 0.25) is 0 Å². The molecule has 1 aromatic carbocycles. The molecular formula is C15H16N2O2. The van der Waals surface area contributed by atoms with E-state index in [4.69, 9.17) is 4.74 Å². The second-order valence-electron chi connectivity index (χ2n) is 4.10. The smallest absolute Gasteiger partial charge is 0.270 e. The van der Waals surface area contributed by atoms with Gasteiger partial charge < -0.3 is 10.1 Å². The first-order valence-corrected chi connectivity index (χ1v) is 6.06. The van der Waals surface area contributed by atoms with Crippen LogP contribution in [0.5, 0.6) is 0 Å². The third-order valence-corrected chi connectivity index (χ3v) is 2.76. The van der Waals surface area contributed by atoms with Gasteiger partial charge in [-0.25, -0.2) is 0 Å². The highest BCUT2D eigenvalue weighted by molar-refractivity contribution is 5.92. The number of amides is 1. The van der Waals surface area contributed by atoms with Gasteiger partial charge in [0, 0.05) is 19.9 Å². The fourth-order valence-corrected chi connectivity index (χ4v) is 1.79. The summed E-state index contributed by atoms with van der Waals surface area (Å²) in [5.74, 6) is -0.173. The Morgan fingerprint density at radius 1 is 1.16 bits per heavy atom. The monoisotopic (exact) mass is 256 g/mol. The quantitative estimate of drug-likeness (QED) is 0.891. The normalized spacial score (nSPS) is 10.2. The van der Waals surface area contributed by atoms with Gasteiger partial charge in [-0.3, -0.25) is 9.78 Å². The number of carbonyl (C=O) groups excluding carboxylic acids is 1. The van der Waals surface area contributed by atoms with Gasteiger partial charge >= 0.3 is 0 Å². The molecule has 2 aromatic rings. The molecule has 0 spiro atoms. The Kier molecular flexibility index (Phi) is 4.64. The van der Waals surface area contributed by atoms with Gasteiger partial charge in [0.25, 0.3) is 5.91 Å². The van der Waals surface area contributed by atoms with Gasteiger partial charge in [0.1, 0.15) is 5.69 Å². The van der Waals surface area contributed by atoms with Crippen LogP contribution in [0.3, 0.4) is 0 Å². The Balaban J connectivity index is 2.01. The van der Waals surface area contributed by atoms with E-state index in [1.165, 1.54) is 0 Å². The van der Waals surface area contributed by atoms with Crippen LogP contribution < -0.4 is 5.32 Å². The molecular weight excluding hydrogens is 240 g/mol. The van der Waals surface area contributed by atoms with Gasteiger partial charge in [0.15, 0.2) is 0 Å². The Bertz CT molecular complexity index is 541. The molecule has 1 aromatic heterocycles. The van der Waals surface area contributed by atoms with Crippen LogP contribution in [0.2, 0.25) is 0 Å². The lowest BCUT2D eigenvalue weighted by Gasteiger charge is -2.09. The summed E-state index contributed by atoms with van der Waals surface area (Å²) in [4.78, 5) is 15.9. The van der Waals surface area contributed by atoms with Crippen molar-refractivity contribution in [3.8, 4) is 0 Å². The Hall–Kier alpha value is -2.20. The minimum absolute atomic E-state index is 0.173. The Morgan fingerprint density at radius 3 is 2.58 bits per heavy atom. The zero-order chi connectivity index (χ0) is 13.5. The zero-order valence-corrected chi connectivity index (χ0v) is 10.8. The van der Waals surface area contributed by atoms with Crippen molar-refractivity contribution < 1.29 is 9.53 Å². The average Bonchev–Trinajstić information content (AvgIpc) is 2.47. The molecule has 1 heterocycles. The summed E-state index contributed by atoms with van der Waals surface area (Å²) < 4.78 is 5.13. The maximum atomic E-state index is 11.9. The van der Waals surface area contributed by atoms with Crippen LogP contribution in [0.1, 0.15) is 21.6 Å². The molecule has 2 rings (SSSR count). The number of nitrogens with one attached hydrogen (secondary N) is 1. The molecule has 0 aliphatic rings. The molecule has 1 N–H and O–H groups in total. The number of aromatic nitrogens is 1. The molecule has 1 amide bonds. The summed E-state index contributed by atoms with van der Waals surface area (Å²) in [5.41, 5.74) is 2.55. The summed E-state index contributed by atoms with van der Waals surface area (Å²) in [6.07, 6.45) is 1.60. The van der Waals surface area contributed by atoms with Gasteiger partial charge in [-0.1, -0.05) is 30.3 Å². The molecule has 0 saturated carbocycles. The predicted molar refractivity (Wildman–Crippen MR) is 72.6 cm³/mol. The molecule has 19 heavy (non-hydrogen) atoms. The molecule has 0 aliphatic carbocycles. The number of benzene rings is 1. The standard InChI is InChI=1S/C15H16N2O2/c1-19-11-13-7-3-2-6-12(13)10-17-15(18)14-8-4-5-9-16-14/h2-9H,10-11H2,1H3,(H,17,18). The van der Waals surface area contributed by atoms with Gasteiger partial charge in [-0.2, -0.15) is 0 Å². The van der Waals surface area contributed by atoms with Crippen molar-refractivity contribution in [2.75, 3.05) is 7.11 Å². The third-order valence-electron chi connectivity index (χ3n) is 2.76. The lowest BCUT2D eigenvalue weighted by Crippen LogP contribution is -2.24. The summed E-state index contributed by atoms with van der Waals surface area (Å²) >= 11 is 0. The van der Waals surface area contributed by atoms with Gasteiger partial charge in [-0.15, -0.1) is 0 Å². The third kappa shape index (κ3) is 3.63. The van der Waals surface area contributed by atoms with Crippen LogP contribution in [-0.4, -0.2) is 18.0 Å². The molecule has 4 nitrogen and oxygen atoms in total. The van der Waals surface area contributed by atoms with E-state index in [9.17, 15) is 4.79 Å². The molecule has 0 saturated heterocycles. The van der Waals surface area contributed by atoms with Crippen LogP contribution in [0.15, 0.2) is 48.7 Å². The second kappa shape index (κ2) is 6.66. The summed E-state index contributed by atoms with van der Waals surface area (Å²) in [6, 6.07) is 13.1. The number of hydrogen-bond acceptors (Lipinski definition) is 3. The molecule has 98 valence electrons. The minimum Gasteiger partial charge on any atom is -0.380 e. The van der Waals surface area contributed by atoms with Crippen molar-refractivity contribution in [1.82, 2.24) is 10.3 Å². The van der Waals surface area contributed by atoms with Crippen molar-refractivity contribution in [1.29, 1.82) is 0 Å². The highest BCUT2D eigenvalue weighted by Crippen LogP contribution is 2.09. The summed E-state index contributed by atoms with van der Waals surface area (Å²) in [6.45, 7) is 1.00. The fourth-order valence-electron chi connectivity index (χ4n) is 1.79. The zero-order valence-electron chi connectivity index (χ0n) is 10.8. The van der Waals surface area contributed by atoms with Crippen LogP contribution in [-0.2, 0) is 17.9 Å². The molecule has 0 bridgehead atoms. The predicted octanol–water partition coefficient (Wildman–Crippen LogP) is 2.16. The number of hydrogen-bond donors (Lipinski definition) is 1. The average molecular weight is 256 g/mol. The van der Waals surface area contributed by atoms with Gasteiger partial charge in [0.05, 0.1) is 6.61 Å². The van der Waals surface area contributed by atoms with E-state index in [2.05, 4.69) is 10.3 Å². The summed E-state index contributed by atoms with van der Waals surface area (Å²) in [5, 5.41) is 2.86. The van der Waals surface area contributed by atoms with Crippen molar-refractivity contribution in [3.05, 3.63) is 65.5 Å². The number of ether oxygens (including phenoxy) is 1. The summed E-state index contributed by atoms with van der Waals surface area (Å²) in [7, 11) is 1.66. The first-order valence-electron chi connectivity index (χ1n) is 6.06. The Labute approximate surface area is 112 Å². The second-order valence-corrected chi connectivity index (χ2v) is 4.10. The first kappa shape index (κ1) is 13.2. The SMILES string of the molecule is COCc1ccccc1CNC(=O)c1ccccn1. The van der Waals surface area contributed by atoms with E-state index in [-0.39, 0.29) is 5.91 Å². The molecule has 0 aliphatic heterocycles. The van der Waals surface area contributed by atoms with Crippen molar-refractivity contribution in [2.45, 2.75) is 13.2 Å². The fraction of sp³-hybridized carbons (Fsp3) is 0.200. The van der Waals surface area contributed by atoms with Crippen LogP contribution >= 0.6 is 0 Å². The van der Waals surface area contributed by atoms with Crippen molar-refractivity contribution in [3.63, 3.8) is 0 Å². The minimum atomic E-state index is -0.173. The van der Waals surface area contributed by atoms with Crippen LogP contribution in [0.25, 0.3) is 0 Å². The van der Waals surface area contributed by atoms with E-state index in [1.807, 2.05) is 24.3 Å². The maximum Gasteiger partial charge on any atom is 0.270 e. The number of carbonyl (C=O) groups is 1. The molecule has 0 atom stereocenters. The molecule has 0 unspecified atom stereocenters. The van der Waals surface area contributed by atoms with Crippen LogP contribution in [0, 0.1) is 0 Å². The van der Waals surface area contributed by atoms with E-state index in [0.29, 0.717) is 18.8 Å². The van der Waals surface area contributed by atoms with E-state index >= 15 is 0 Å². The van der Waals surface area contributed by atoms with Gasteiger partial charge in [-0.05, 0) is 23.3 Å². The first-order chi connectivity index (χ1) is 9.31. The lowest BCUT2D eigenvalue weighted by molar-refractivity contribution is 0.0945. The number of rotatable bonds is 5. The van der Waals surface area contributed by atoms with E-state index in [1.54, 1.807) is 31.5 Å². The topological polar surface area (TPSA) is 51.2 Å². The maximum absolute atomic E-state index is 11.9. The number of nitrogens with zero attached hydrogens (tertiary/aromatic N) is 1. The van der Waals surface area contributed by atoms with Crippen LogP contribution in [0.4, 0.5) is 0 Å². The number of pyridine rings is 1. The largest absolute Gasteiger partial charge is 0.380 e. The highest BCUT2D eigenvalue weighted by atomic mass is 16.5. The Morgan fingerprint density at radius 2 is 1.89 bits per heavy atom. The molecule has 4 heteroatoms. The highest BCUT2D eigenvalue weighted by Gasteiger charge is 2.07. The number of methoxy groups -OCH3 is 1. The molecule has 0 radical (unpaired) electrons. The lowest BCUT2D eigenvalue weighted by atomic mass is 10.1. The molecule has 0 fully saturated rings. The van der Waals surface area contributed by atoms with E-state index < -0.39 is 0 Å². The van der Waals surface area contributed by atoms with Crippen molar-refractivity contribution in [2.24, 2.45) is 0 Å². The van der Waals surface area contributed by atoms with E-state index in [0.717, 1.165) is 11.1 Å².